The van der Waals surface area contributed by atoms with Gasteiger partial charge in [0.1, 0.15) is 0 Å². The van der Waals surface area contributed by atoms with Crippen molar-refractivity contribution in [2.45, 2.75) is 13.8 Å². The first kappa shape index (κ1) is 13.9. The molecule has 0 bridgehead atoms. The highest BCUT2D eigenvalue weighted by Crippen LogP contribution is 2.14. The summed E-state index contributed by atoms with van der Waals surface area (Å²) in [6.45, 7) is 3.96. The van der Waals surface area contributed by atoms with Crippen LogP contribution in [-0.2, 0) is 4.79 Å². The van der Waals surface area contributed by atoms with E-state index >= 15 is 0 Å². The van der Waals surface area contributed by atoms with Gasteiger partial charge in [-0.15, -0.1) is 0 Å². The Morgan fingerprint density at radius 3 is 2.45 bits per heavy atom. The highest BCUT2D eigenvalue weighted by Gasteiger charge is 1.98. The summed E-state index contributed by atoms with van der Waals surface area (Å²) in [6, 6.07) is 13.4. The van der Waals surface area contributed by atoms with Crippen LogP contribution in [-0.4, -0.2) is 5.91 Å². The molecule has 0 spiro atoms. The van der Waals surface area contributed by atoms with Crippen LogP contribution in [0.4, 0.5) is 11.4 Å². The van der Waals surface area contributed by atoms with Crippen molar-refractivity contribution < 1.29 is 4.79 Å². The molecule has 1 amide bonds. The van der Waals surface area contributed by atoms with Crippen LogP contribution >= 0.6 is 0 Å². The van der Waals surface area contributed by atoms with E-state index in [4.69, 9.17) is 5.73 Å². The van der Waals surface area contributed by atoms with Crippen molar-refractivity contribution in [2.24, 2.45) is 0 Å². The standard InChI is InChI=1S/C17H18N2O/c1-12-3-8-15(9-4-12)19-17(20)10-7-14-6-5-13(2)16(18)11-14/h3-11H,18H2,1-2H3,(H,19,20)/b10-7+. The zero-order chi connectivity index (χ0) is 14.5. The molecule has 2 rings (SSSR count). The third kappa shape index (κ3) is 3.72. The van der Waals surface area contributed by atoms with E-state index in [1.165, 1.54) is 6.08 Å². The molecule has 0 aliphatic heterocycles. The smallest absolute Gasteiger partial charge is 0.248 e. The molecule has 0 heterocycles. The van der Waals surface area contributed by atoms with E-state index in [2.05, 4.69) is 5.32 Å². The Morgan fingerprint density at radius 2 is 1.80 bits per heavy atom. The molecule has 0 aliphatic rings. The van der Waals surface area contributed by atoms with E-state index < -0.39 is 0 Å². The summed E-state index contributed by atoms with van der Waals surface area (Å²) in [7, 11) is 0. The van der Waals surface area contributed by atoms with Crippen molar-refractivity contribution in [3.63, 3.8) is 0 Å². The Labute approximate surface area is 119 Å². The van der Waals surface area contributed by atoms with Crippen LogP contribution in [0.5, 0.6) is 0 Å². The van der Waals surface area contributed by atoms with Crippen LogP contribution in [0, 0.1) is 13.8 Å². The summed E-state index contributed by atoms with van der Waals surface area (Å²) in [6.07, 6.45) is 3.25. The van der Waals surface area contributed by atoms with Crippen molar-refractivity contribution >= 4 is 23.4 Å². The number of nitrogens with two attached hydrogens (primary N) is 1. The summed E-state index contributed by atoms with van der Waals surface area (Å²) in [5.41, 5.74) is 10.4. The predicted molar refractivity (Wildman–Crippen MR) is 84.4 cm³/mol. The van der Waals surface area contributed by atoms with Crippen LogP contribution in [0.25, 0.3) is 6.08 Å². The van der Waals surface area contributed by atoms with Gasteiger partial charge >= 0.3 is 0 Å². The quantitative estimate of drug-likeness (QED) is 0.659. The molecular weight excluding hydrogens is 248 g/mol. The van der Waals surface area contributed by atoms with E-state index in [0.29, 0.717) is 0 Å². The Morgan fingerprint density at radius 1 is 1.10 bits per heavy atom. The maximum absolute atomic E-state index is 11.8. The monoisotopic (exact) mass is 266 g/mol. The SMILES string of the molecule is Cc1ccc(NC(=O)/C=C/c2ccc(C)c(N)c2)cc1. The van der Waals surface area contributed by atoms with Gasteiger partial charge in [-0.3, -0.25) is 4.79 Å². The number of hydrogen-bond donors (Lipinski definition) is 2. The van der Waals surface area contributed by atoms with E-state index in [-0.39, 0.29) is 5.91 Å². The van der Waals surface area contributed by atoms with Gasteiger partial charge in [-0.2, -0.15) is 0 Å². The molecule has 2 aromatic rings. The van der Waals surface area contributed by atoms with E-state index in [1.807, 2.05) is 56.3 Å². The van der Waals surface area contributed by atoms with E-state index in [1.54, 1.807) is 6.08 Å². The first-order valence-electron chi connectivity index (χ1n) is 6.46. The molecule has 0 atom stereocenters. The number of carbonyl (C=O) groups excluding carboxylic acids is 1. The second kappa shape index (κ2) is 6.06. The van der Waals surface area contributed by atoms with Crippen molar-refractivity contribution in [3.8, 4) is 0 Å². The Bertz CT molecular complexity index is 643. The molecule has 3 heteroatoms. The number of anilines is 2. The molecule has 0 saturated carbocycles. The van der Waals surface area contributed by atoms with Gasteiger partial charge in [-0.1, -0.05) is 29.8 Å². The molecular formula is C17H18N2O. The molecule has 0 fully saturated rings. The highest BCUT2D eigenvalue weighted by molar-refractivity contribution is 6.01. The highest BCUT2D eigenvalue weighted by atomic mass is 16.1. The maximum atomic E-state index is 11.8. The lowest BCUT2D eigenvalue weighted by Gasteiger charge is -2.03. The lowest BCUT2D eigenvalue weighted by molar-refractivity contribution is -0.111. The second-order valence-electron chi connectivity index (χ2n) is 4.80. The molecule has 0 aliphatic carbocycles. The van der Waals surface area contributed by atoms with Gasteiger partial charge in [0, 0.05) is 17.5 Å². The van der Waals surface area contributed by atoms with Crippen LogP contribution in [0.1, 0.15) is 16.7 Å². The fourth-order valence-corrected chi connectivity index (χ4v) is 1.76. The Hall–Kier alpha value is -2.55. The van der Waals surface area contributed by atoms with Crippen molar-refractivity contribution in [1.29, 1.82) is 0 Å². The molecule has 3 N–H and O–H groups in total. The van der Waals surface area contributed by atoms with Gasteiger partial charge in [-0.05, 0) is 49.2 Å². The van der Waals surface area contributed by atoms with Gasteiger partial charge in [0.05, 0.1) is 0 Å². The van der Waals surface area contributed by atoms with E-state index in [0.717, 1.165) is 28.1 Å². The molecule has 0 unspecified atom stereocenters. The van der Waals surface area contributed by atoms with Crippen molar-refractivity contribution in [2.75, 3.05) is 11.1 Å². The Balaban J connectivity index is 2.01. The minimum Gasteiger partial charge on any atom is -0.398 e. The molecule has 2 aromatic carbocycles. The van der Waals surface area contributed by atoms with Crippen molar-refractivity contribution in [3.05, 3.63) is 65.2 Å². The average molecular weight is 266 g/mol. The number of hydrogen-bond acceptors (Lipinski definition) is 2. The van der Waals surface area contributed by atoms with Gasteiger partial charge < -0.3 is 11.1 Å². The van der Waals surface area contributed by atoms with Gasteiger partial charge in [0.2, 0.25) is 5.91 Å². The predicted octanol–water partition coefficient (Wildman–Crippen LogP) is 3.54. The van der Waals surface area contributed by atoms with Crippen LogP contribution in [0.2, 0.25) is 0 Å². The molecule has 0 radical (unpaired) electrons. The van der Waals surface area contributed by atoms with Crippen LogP contribution in [0.15, 0.2) is 48.5 Å². The zero-order valence-corrected chi connectivity index (χ0v) is 11.7. The number of rotatable bonds is 3. The average Bonchev–Trinajstić information content (AvgIpc) is 2.43. The lowest BCUT2D eigenvalue weighted by Crippen LogP contribution is -2.07. The first-order valence-corrected chi connectivity index (χ1v) is 6.46. The fraction of sp³-hybridized carbons (Fsp3) is 0.118. The number of carbonyl (C=O) groups is 1. The fourth-order valence-electron chi connectivity index (χ4n) is 1.76. The van der Waals surface area contributed by atoms with Crippen LogP contribution < -0.4 is 11.1 Å². The topological polar surface area (TPSA) is 55.1 Å². The van der Waals surface area contributed by atoms with E-state index in [9.17, 15) is 4.79 Å². The third-order valence-corrected chi connectivity index (χ3v) is 3.05. The normalized spacial score (nSPS) is 10.7. The van der Waals surface area contributed by atoms with Crippen molar-refractivity contribution in [1.82, 2.24) is 0 Å². The summed E-state index contributed by atoms with van der Waals surface area (Å²) >= 11 is 0. The molecule has 20 heavy (non-hydrogen) atoms. The maximum Gasteiger partial charge on any atom is 0.248 e. The largest absolute Gasteiger partial charge is 0.398 e. The molecule has 0 aromatic heterocycles. The minimum absolute atomic E-state index is 0.159. The third-order valence-electron chi connectivity index (χ3n) is 3.05. The summed E-state index contributed by atoms with van der Waals surface area (Å²) < 4.78 is 0. The van der Waals surface area contributed by atoms with Crippen LogP contribution in [0.3, 0.4) is 0 Å². The summed E-state index contributed by atoms with van der Waals surface area (Å²) in [4.78, 5) is 11.8. The molecule has 102 valence electrons. The summed E-state index contributed by atoms with van der Waals surface area (Å²) in [5.74, 6) is -0.159. The zero-order valence-electron chi connectivity index (χ0n) is 11.7. The van der Waals surface area contributed by atoms with Gasteiger partial charge in [0.25, 0.3) is 0 Å². The van der Waals surface area contributed by atoms with Gasteiger partial charge in [0.15, 0.2) is 0 Å². The molecule has 3 nitrogen and oxygen atoms in total. The first-order chi connectivity index (χ1) is 9.54. The van der Waals surface area contributed by atoms with Gasteiger partial charge in [-0.25, -0.2) is 0 Å². The lowest BCUT2D eigenvalue weighted by atomic mass is 10.1. The number of benzene rings is 2. The minimum atomic E-state index is -0.159. The number of nitrogens with one attached hydrogen (secondary N) is 1. The second-order valence-corrected chi connectivity index (χ2v) is 4.80. The number of aryl methyl sites for hydroxylation is 2. The Kier molecular flexibility index (Phi) is 4.20. The number of nitrogen functional groups attached to an aromatic ring is 1. The molecule has 0 saturated heterocycles. The number of amides is 1. The summed E-state index contributed by atoms with van der Waals surface area (Å²) in [5, 5.41) is 2.81.